The second-order valence-corrected chi connectivity index (χ2v) is 10.8. The molecular formula is C27H40N2O9. The van der Waals surface area contributed by atoms with E-state index in [1.54, 1.807) is 98.7 Å². The van der Waals surface area contributed by atoms with Crippen molar-refractivity contribution in [2.75, 3.05) is 11.1 Å². The van der Waals surface area contributed by atoms with Gasteiger partial charge >= 0.3 is 18.4 Å². The third kappa shape index (κ3) is 20.1. The summed E-state index contributed by atoms with van der Waals surface area (Å²) < 4.78 is 18.9. The van der Waals surface area contributed by atoms with Crippen molar-refractivity contribution >= 4 is 29.8 Å². The third-order valence-corrected chi connectivity index (χ3v) is 3.35. The maximum atomic E-state index is 11.3. The fraction of sp³-hybridized carbons (Fsp3) is 0.444. The smallest absolute Gasteiger partial charge is 0.508 e. The summed E-state index contributed by atoms with van der Waals surface area (Å²) in [5.41, 5.74) is 4.67. The largest absolute Gasteiger partial charge is 0.519 e. The van der Waals surface area contributed by atoms with E-state index in [0.717, 1.165) is 0 Å². The van der Waals surface area contributed by atoms with E-state index in [-0.39, 0.29) is 11.5 Å². The van der Waals surface area contributed by atoms with Crippen LogP contribution >= 0.6 is 0 Å². The highest BCUT2D eigenvalue weighted by atomic mass is 16.8. The molecule has 0 spiro atoms. The minimum atomic E-state index is -1.06. The number of rotatable bonds is 1. The summed E-state index contributed by atoms with van der Waals surface area (Å²) in [6.45, 7) is 15.4. The molecule has 0 atom stereocenters. The Kier molecular flexibility index (Phi) is 13.0. The van der Waals surface area contributed by atoms with Gasteiger partial charge in [-0.2, -0.15) is 0 Å². The molecule has 0 bridgehead atoms. The second-order valence-electron chi connectivity index (χ2n) is 10.8. The average Bonchev–Trinajstić information content (AvgIpc) is 2.68. The van der Waals surface area contributed by atoms with E-state index in [2.05, 4.69) is 10.1 Å². The van der Waals surface area contributed by atoms with Crippen LogP contribution in [0, 0.1) is 0 Å². The predicted octanol–water partition coefficient (Wildman–Crippen LogP) is 6.59. The van der Waals surface area contributed by atoms with Gasteiger partial charge in [-0.1, -0.05) is 0 Å². The highest BCUT2D eigenvalue weighted by Gasteiger charge is 2.24. The van der Waals surface area contributed by atoms with Gasteiger partial charge in [0.1, 0.15) is 28.3 Å². The van der Waals surface area contributed by atoms with Crippen molar-refractivity contribution in [1.29, 1.82) is 0 Å². The summed E-state index contributed by atoms with van der Waals surface area (Å²) >= 11 is 0. The Morgan fingerprint density at radius 3 is 1.29 bits per heavy atom. The van der Waals surface area contributed by atoms with Gasteiger partial charge in [-0.3, -0.25) is 5.32 Å². The van der Waals surface area contributed by atoms with Gasteiger partial charge in [0, 0.05) is 11.4 Å². The average molecular weight is 537 g/mol. The topological polar surface area (TPSA) is 167 Å². The zero-order chi connectivity index (χ0) is 29.7. The van der Waals surface area contributed by atoms with Crippen molar-refractivity contribution < 1.29 is 43.5 Å². The first-order chi connectivity index (χ1) is 17.1. The molecule has 0 aliphatic carbocycles. The van der Waals surface area contributed by atoms with Gasteiger partial charge < -0.3 is 34.9 Å². The van der Waals surface area contributed by atoms with Crippen LogP contribution in [0.25, 0.3) is 0 Å². The minimum Gasteiger partial charge on any atom is -0.508 e. The van der Waals surface area contributed by atoms with Crippen LogP contribution in [0.5, 0.6) is 11.5 Å². The normalized spacial score (nSPS) is 10.9. The Bertz CT molecular complexity index is 968. The molecule has 0 aliphatic rings. The first-order valence-corrected chi connectivity index (χ1v) is 11.6. The van der Waals surface area contributed by atoms with Crippen molar-refractivity contribution in [1.82, 2.24) is 0 Å². The first kappa shape index (κ1) is 33.8. The lowest BCUT2D eigenvalue weighted by molar-refractivity contribution is -0.0294. The highest BCUT2D eigenvalue weighted by molar-refractivity contribution is 5.84. The van der Waals surface area contributed by atoms with Crippen LogP contribution in [0.4, 0.5) is 25.8 Å². The van der Waals surface area contributed by atoms with E-state index in [1.165, 1.54) is 12.1 Å². The summed E-state index contributed by atoms with van der Waals surface area (Å²) in [7, 11) is 0. The molecule has 0 aliphatic heterocycles. The van der Waals surface area contributed by atoms with Gasteiger partial charge in [-0.05, 0) is 111 Å². The Morgan fingerprint density at radius 1 is 0.632 bits per heavy atom. The predicted molar refractivity (Wildman–Crippen MR) is 144 cm³/mol. The van der Waals surface area contributed by atoms with Crippen molar-refractivity contribution in [2.24, 2.45) is 0 Å². The number of benzene rings is 2. The molecule has 212 valence electrons. The molecule has 5 N–H and O–H groups in total. The summed E-state index contributed by atoms with van der Waals surface area (Å²) in [4.78, 5) is 33.3. The van der Waals surface area contributed by atoms with Crippen LogP contribution in [0.3, 0.4) is 0 Å². The number of hydrogen-bond donors (Lipinski definition) is 4. The summed E-state index contributed by atoms with van der Waals surface area (Å²) in [6, 6.07) is 12.6. The molecular weight excluding hydrogens is 496 g/mol. The number of nitrogens with one attached hydrogen (secondary N) is 1. The van der Waals surface area contributed by atoms with E-state index in [9.17, 15) is 14.4 Å². The number of nitrogen functional groups attached to an aromatic ring is 1. The number of hydrogen-bond acceptors (Lipinski definition) is 10. The van der Waals surface area contributed by atoms with Gasteiger partial charge in [0.05, 0.1) is 0 Å². The Morgan fingerprint density at radius 2 is 0.974 bits per heavy atom. The lowest BCUT2D eigenvalue weighted by atomic mass is 10.2. The molecule has 2 aromatic rings. The van der Waals surface area contributed by atoms with E-state index in [0.29, 0.717) is 11.4 Å². The maximum absolute atomic E-state index is 11.3. The second kappa shape index (κ2) is 14.6. The number of amides is 1. The first-order valence-electron chi connectivity index (χ1n) is 11.6. The molecule has 0 unspecified atom stereocenters. The molecule has 0 radical (unpaired) electrons. The SMILES string of the molecule is CC(C)(C)OC(=O)Nc1ccc(O)cc1.CC(C)(C)OC(=O)OC(=O)OC(C)(C)C.Nc1ccc(O)cc1. The molecule has 0 saturated heterocycles. The lowest BCUT2D eigenvalue weighted by Crippen LogP contribution is -2.29. The molecule has 0 aromatic heterocycles. The molecule has 2 aromatic carbocycles. The highest BCUT2D eigenvalue weighted by Crippen LogP contribution is 2.15. The van der Waals surface area contributed by atoms with Gasteiger partial charge in [-0.15, -0.1) is 0 Å². The van der Waals surface area contributed by atoms with Crippen LogP contribution in [0.1, 0.15) is 62.3 Å². The summed E-state index contributed by atoms with van der Waals surface area (Å²) in [5, 5.41) is 20.3. The minimum absolute atomic E-state index is 0.157. The number of carbonyl (C=O) groups excluding carboxylic acids is 3. The third-order valence-electron chi connectivity index (χ3n) is 3.35. The molecule has 0 saturated carbocycles. The van der Waals surface area contributed by atoms with Gasteiger partial charge in [0.25, 0.3) is 0 Å². The monoisotopic (exact) mass is 536 g/mol. The molecule has 11 nitrogen and oxygen atoms in total. The van der Waals surface area contributed by atoms with E-state index in [4.69, 9.17) is 30.2 Å². The van der Waals surface area contributed by atoms with Crippen molar-refractivity contribution in [3.05, 3.63) is 48.5 Å². The number of phenolic OH excluding ortho intramolecular Hbond substituents is 2. The Hall–Kier alpha value is -4.15. The van der Waals surface area contributed by atoms with Crippen LogP contribution in [-0.4, -0.2) is 45.4 Å². The number of ether oxygens (including phenoxy) is 4. The van der Waals surface area contributed by atoms with Crippen LogP contribution in [0.2, 0.25) is 0 Å². The van der Waals surface area contributed by atoms with Crippen LogP contribution in [-0.2, 0) is 18.9 Å². The molecule has 38 heavy (non-hydrogen) atoms. The zero-order valence-corrected chi connectivity index (χ0v) is 23.4. The number of aromatic hydroxyl groups is 2. The van der Waals surface area contributed by atoms with E-state index < -0.39 is 35.2 Å². The number of carbonyl (C=O) groups is 3. The van der Waals surface area contributed by atoms with E-state index >= 15 is 0 Å². The number of phenols is 2. The van der Waals surface area contributed by atoms with E-state index in [1.807, 2.05) is 0 Å². The number of anilines is 2. The summed E-state index contributed by atoms with van der Waals surface area (Å²) in [5.74, 6) is 0.406. The standard InChI is InChI=1S/C11H15NO3.C10H18O5.C6H7NO/c1-11(2,3)15-10(14)12-8-4-6-9(13)7-5-8;1-9(2,3)14-7(11)13-8(12)15-10(4,5)6;7-5-1-3-6(8)4-2-5/h4-7,13H,1-3H3,(H,12,14);1-6H3;1-4,8H,7H2. The summed E-state index contributed by atoms with van der Waals surface area (Å²) in [6.07, 6.45) is -2.62. The van der Waals surface area contributed by atoms with Crippen LogP contribution < -0.4 is 11.1 Å². The molecule has 2 rings (SSSR count). The Labute approximate surface area is 223 Å². The fourth-order valence-corrected chi connectivity index (χ4v) is 2.05. The van der Waals surface area contributed by atoms with Gasteiger partial charge in [0.2, 0.25) is 0 Å². The van der Waals surface area contributed by atoms with Crippen molar-refractivity contribution in [2.45, 2.75) is 79.1 Å². The van der Waals surface area contributed by atoms with Crippen LogP contribution in [0.15, 0.2) is 48.5 Å². The van der Waals surface area contributed by atoms with Gasteiger partial charge in [0.15, 0.2) is 0 Å². The molecule has 11 heteroatoms. The zero-order valence-electron chi connectivity index (χ0n) is 23.4. The van der Waals surface area contributed by atoms with Gasteiger partial charge in [-0.25, -0.2) is 14.4 Å². The molecule has 1 amide bonds. The maximum Gasteiger partial charge on any atom is 0.519 e. The quantitative estimate of drug-likeness (QED) is 0.103. The van der Waals surface area contributed by atoms with Crippen molar-refractivity contribution in [3.8, 4) is 11.5 Å². The van der Waals surface area contributed by atoms with Crippen molar-refractivity contribution in [3.63, 3.8) is 0 Å². The fourth-order valence-electron chi connectivity index (χ4n) is 2.05. The molecule has 0 heterocycles. The lowest BCUT2D eigenvalue weighted by Gasteiger charge is -2.20. The molecule has 0 fully saturated rings. The Balaban J connectivity index is 0.000000565. The number of nitrogens with two attached hydrogens (primary N) is 1.